The van der Waals surface area contributed by atoms with E-state index in [1.54, 1.807) is 35.5 Å². The molecule has 0 spiro atoms. The number of rotatable bonds is 4. The summed E-state index contributed by atoms with van der Waals surface area (Å²) < 4.78 is 0. The Balaban J connectivity index is 1.71. The van der Waals surface area contributed by atoms with Crippen LogP contribution in [0.2, 0.25) is 0 Å². The minimum atomic E-state index is -0.997. The smallest absolute Gasteiger partial charge is 0.248 e. The fraction of sp³-hybridized carbons (Fsp3) is 0.167. The van der Waals surface area contributed by atoms with Crippen LogP contribution in [-0.2, 0) is 0 Å². The fourth-order valence-electron chi connectivity index (χ4n) is 4.73. The molecule has 0 radical (unpaired) electrons. The van der Waals surface area contributed by atoms with E-state index in [-0.39, 0.29) is 10.7 Å². The lowest BCUT2D eigenvalue weighted by Gasteiger charge is -2.30. The predicted molar refractivity (Wildman–Crippen MR) is 113 cm³/mol. The number of Topliss-reactive ketones (excluding diaryl/α,β-unsaturated/α-hetero) is 1. The van der Waals surface area contributed by atoms with Crippen LogP contribution in [-0.4, -0.2) is 34.0 Å². The number of carbonyl (C=O) groups excluding carboxylic acids is 1. The van der Waals surface area contributed by atoms with Crippen LogP contribution in [0.1, 0.15) is 39.0 Å². The lowest BCUT2D eigenvalue weighted by Crippen LogP contribution is -2.38. The molecule has 0 aliphatic carbocycles. The number of hydrogen-bond donors (Lipinski definition) is 0. The van der Waals surface area contributed by atoms with Gasteiger partial charge in [-0.3, -0.25) is 19.9 Å². The van der Waals surface area contributed by atoms with Gasteiger partial charge >= 0.3 is 0 Å². The molecule has 0 amide bonds. The monoisotopic (exact) mass is 397 g/mol. The molecule has 6 heteroatoms. The summed E-state index contributed by atoms with van der Waals surface area (Å²) in [6, 6.07) is 23.4. The summed E-state index contributed by atoms with van der Waals surface area (Å²) in [7, 11) is 0. The standard InChI is InChI=1S/C24H19N3O3/c28-24(17-11-5-2-6-12-17)23-20(16-9-3-1-4-10-16)22(27(29)30)21-19-14-8-7-13-18(19)15-25-26(21)23/h1-15,20-23H. The zero-order valence-corrected chi connectivity index (χ0v) is 16.0. The van der Waals surface area contributed by atoms with Gasteiger partial charge < -0.3 is 0 Å². The molecule has 0 N–H and O–H groups in total. The largest absolute Gasteiger partial charge is 0.292 e. The van der Waals surface area contributed by atoms with Crippen molar-refractivity contribution in [3.63, 3.8) is 0 Å². The van der Waals surface area contributed by atoms with E-state index >= 15 is 0 Å². The third kappa shape index (κ3) is 2.80. The number of ketones is 1. The zero-order valence-electron chi connectivity index (χ0n) is 16.0. The highest BCUT2D eigenvalue weighted by molar-refractivity contribution is 6.01. The molecule has 3 aromatic carbocycles. The average Bonchev–Trinajstić information content (AvgIpc) is 3.16. The quantitative estimate of drug-likeness (QED) is 0.378. The van der Waals surface area contributed by atoms with Crippen molar-refractivity contribution in [3.05, 3.63) is 117 Å². The summed E-state index contributed by atoms with van der Waals surface area (Å²) in [5.74, 6) is -0.780. The van der Waals surface area contributed by atoms with E-state index in [0.717, 1.165) is 16.7 Å². The van der Waals surface area contributed by atoms with Crippen LogP contribution >= 0.6 is 0 Å². The third-order valence-electron chi connectivity index (χ3n) is 6.00. The molecule has 2 aliphatic heterocycles. The average molecular weight is 397 g/mol. The second kappa shape index (κ2) is 7.22. The molecule has 4 atom stereocenters. The maximum absolute atomic E-state index is 13.6. The molecule has 1 saturated heterocycles. The second-order valence-corrected chi connectivity index (χ2v) is 7.59. The number of nitro groups is 1. The van der Waals surface area contributed by atoms with Gasteiger partial charge in [-0.25, -0.2) is 0 Å². The summed E-state index contributed by atoms with van der Waals surface area (Å²) in [6.07, 6.45) is 1.70. The van der Waals surface area contributed by atoms with Gasteiger partial charge in [0.1, 0.15) is 12.1 Å². The molecule has 1 fully saturated rings. The topological polar surface area (TPSA) is 75.8 Å². The Labute approximate surface area is 173 Å². The van der Waals surface area contributed by atoms with E-state index in [0.29, 0.717) is 5.56 Å². The fourth-order valence-corrected chi connectivity index (χ4v) is 4.73. The summed E-state index contributed by atoms with van der Waals surface area (Å²) in [5.41, 5.74) is 2.99. The van der Waals surface area contributed by atoms with E-state index < -0.39 is 24.0 Å². The molecule has 0 saturated carbocycles. The third-order valence-corrected chi connectivity index (χ3v) is 6.00. The summed E-state index contributed by atoms with van der Waals surface area (Å²) in [5, 5.41) is 18.6. The molecule has 4 unspecified atom stereocenters. The Hall–Kier alpha value is -3.80. The van der Waals surface area contributed by atoms with Crippen LogP contribution in [0.25, 0.3) is 0 Å². The van der Waals surface area contributed by atoms with Crippen LogP contribution in [0.3, 0.4) is 0 Å². The molecular formula is C24H19N3O3. The molecule has 5 rings (SSSR count). The first-order chi connectivity index (χ1) is 14.7. The number of benzene rings is 3. The van der Waals surface area contributed by atoms with Crippen molar-refractivity contribution in [2.24, 2.45) is 5.10 Å². The highest BCUT2D eigenvalue weighted by Crippen LogP contribution is 2.49. The van der Waals surface area contributed by atoms with Crippen LogP contribution in [0, 0.1) is 10.1 Å². The highest BCUT2D eigenvalue weighted by Gasteiger charge is 2.60. The molecule has 2 heterocycles. The van der Waals surface area contributed by atoms with Crippen molar-refractivity contribution in [2.45, 2.75) is 24.0 Å². The van der Waals surface area contributed by atoms with Crippen molar-refractivity contribution >= 4 is 12.0 Å². The minimum Gasteiger partial charge on any atom is -0.292 e. The predicted octanol–water partition coefficient (Wildman–Crippen LogP) is 4.07. The Bertz CT molecular complexity index is 1130. The first-order valence-electron chi connectivity index (χ1n) is 9.86. The van der Waals surface area contributed by atoms with E-state index in [4.69, 9.17) is 0 Å². The minimum absolute atomic E-state index is 0.157. The van der Waals surface area contributed by atoms with Crippen LogP contribution in [0.5, 0.6) is 0 Å². The highest BCUT2D eigenvalue weighted by atomic mass is 16.6. The number of hydrazone groups is 1. The first kappa shape index (κ1) is 18.2. The molecule has 2 aliphatic rings. The molecular weight excluding hydrogens is 378 g/mol. The first-order valence-corrected chi connectivity index (χ1v) is 9.86. The van der Waals surface area contributed by atoms with Gasteiger partial charge in [0.15, 0.2) is 5.78 Å². The summed E-state index contributed by atoms with van der Waals surface area (Å²) in [4.78, 5) is 25.8. The van der Waals surface area contributed by atoms with Gasteiger partial charge in [0, 0.05) is 16.1 Å². The summed E-state index contributed by atoms with van der Waals surface area (Å²) in [6.45, 7) is 0. The number of carbonyl (C=O) groups is 1. The van der Waals surface area contributed by atoms with E-state index in [2.05, 4.69) is 5.10 Å². The van der Waals surface area contributed by atoms with Gasteiger partial charge in [-0.15, -0.1) is 0 Å². The molecule has 3 aromatic rings. The Kier molecular flexibility index (Phi) is 4.39. The van der Waals surface area contributed by atoms with Crippen molar-refractivity contribution in [1.82, 2.24) is 5.01 Å². The maximum atomic E-state index is 13.6. The van der Waals surface area contributed by atoms with Crippen LogP contribution in [0.4, 0.5) is 0 Å². The maximum Gasteiger partial charge on any atom is 0.248 e. The SMILES string of the molecule is O=C(c1ccccc1)C1C(c2ccccc2)C([N+](=O)[O-])C2c3ccccc3C=NN12. The van der Waals surface area contributed by atoms with Crippen molar-refractivity contribution in [2.75, 3.05) is 0 Å². The number of hydrogen-bond acceptors (Lipinski definition) is 5. The lowest BCUT2D eigenvalue weighted by molar-refractivity contribution is -0.529. The molecule has 0 aromatic heterocycles. The second-order valence-electron chi connectivity index (χ2n) is 7.59. The Morgan fingerprint density at radius 3 is 2.23 bits per heavy atom. The molecule has 0 bridgehead atoms. The van der Waals surface area contributed by atoms with Gasteiger partial charge in [-0.05, 0) is 11.1 Å². The van der Waals surface area contributed by atoms with E-state index in [1.807, 2.05) is 60.7 Å². The normalized spacial score (nSPS) is 24.2. The van der Waals surface area contributed by atoms with Crippen molar-refractivity contribution < 1.29 is 9.72 Å². The Morgan fingerprint density at radius 2 is 1.53 bits per heavy atom. The van der Waals surface area contributed by atoms with Crippen molar-refractivity contribution in [3.8, 4) is 0 Å². The summed E-state index contributed by atoms with van der Waals surface area (Å²) >= 11 is 0. The molecule has 148 valence electrons. The Morgan fingerprint density at radius 1 is 0.900 bits per heavy atom. The van der Waals surface area contributed by atoms with Gasteiger partial charge in [-0.1, -0.05) is 84.9 Å². The van der Waals surface area contributed by atoms with Crippen molar-refractivity contribution in [1.29, 1.82) is 0 Å². The van der Waals surface area contributed by atoms with Gasteiger partial charge in [-0.2, -0.15) is 5.10 Å². The molecule has 30 heavy (non-hydrogen) atoms. The van der Waals surface area contributed by atoms with Crippen LogP contribution < -0.4 is 0 Å². The van der Waals surface area contributed by atoms with Crippen LogP contribution in [0.15, 0.2) is 90.0 Å². The van der Waals surface area contributed by atoms with Gasteiger partial charge in [0.2, 0.25) is 6.04 Å². The van der Waals surface area contributed by atoms with E-state index in [9.17, 15) is 14.9 Å². The lowest BCUT2D eigenvalue weighted by atomic mass is 9.82. The van der Waals surface area contributed by atoms with Gasteiger partial charge in [0.05, 0.1) is 12.1 Å². The number of fused-ring (bicyclic) bond motifs is 3. The zero-order chi connectivity index (χ0) is 20.7. The van der Waals surface area contributed by atoms with Gasteiger partial charge in [0.25, 0.3) is 0 Å². The van der Waals surface area contributed by atoms with E-state index in [1.165, 1.54) is 0 Å². The molecule has 6 nitrogen and oxygen atoms in total. The number of nitrogens with zero attached hydrogens (tertiary/aromatic N) is 3.